The average Bonchev–Trinajstić information content (AvgIpc) is 2.51. The molecule has 0 aliphatic carbocycles. The fourth-order valence-electron chi connectivity index (χ4n) is 1.35. The molecule has 0 unspecified atom stereocenters. The molecule has 2 N–H and O–H groups in total. The Morgan fingerprint density at radius 2 is 2.15 bits per heavy atom. The van der Waals surface area contributed by atoms with Gasteiger partial charge >= 0.3 is 0 Å². The van der Waals surface area contributed by atoms with Crippen molar-refractivity contribution < 1.29 is 4.42 Å². The third kappa shape index (κ3) is 1.26. The van der Waals surface area contributed by atoms with Gasteiger partial charge in [-0.2, -0.15) is 0 Å². The van der Waals surface area contributed by atoms with E-state index in [-0.39, 0.29) is 0 Å². The third-order valence-corrected chi connectivity index (χ3v) is 2.15. The maximum atomic E-state index is 5.81. The van der Waals surface area contributed by atoms with Gasteiger partial charge in [0.1, 0.15) is 5.52 Å². The number of nitrogen functional groups attached to an aromatic ring is 1. The Bertz CT molecular complexity index is 431. The first kappa shape index (κ1) is 8.10. The average molecular weight is 176 g/mol. The van der Waals surface area contributed by atoms with Crippen LogP contribution in [0.15, 0.2) is 22.9 Å². The van der Waals surface area contributed by atoms with Crippen LogP contribution in [0, 0.1) is 0 Å². The molecule has 13 heavy (non-hydrogen) atoms. The molecular formula is C10H12N2O. The van der Waals surface area contributed by atoms with Crippen molar-refractivity contribution in [3.8, 4) is 0 Å². The van der Waals surface area contributed by atoms with Crippen molar-refractivity contribution >= 4 is 16.8 Å². The highest BCUT2D eigenvalue weighted by Crippen LogP contribution is 2.25. The first-order valence-electron chi connectivity index (χ1n) is 4.31. The molecule has 1 aromatic carbocycles. The number of hydrogen-bond donors (Lipinski definition) is 1. The summed E-state index contributed by atoms with van der Waals surface area (Å²) >= 11 is 0. The van der Waals surface area contributed by atoms with Crippen LogP contribution in [-0.2, 0) is 0 Å². The Labute approximate surface area is 76.6 Å². The summed E-state index contributed by atoms with van der Waals surface area (Å²) in [6.45, 7) is 4.25. The molecular weight excluding hydrogens is 164 g/mol. The van der Waals surface area contributed by atoms with Gasteiger partial charge in [0.05, 0.1) is 5.69 Å². The van der Waals surface area contributed by atoms with E-state index in [1.165, 1.54) is 12.0 Å². The standard InChI is InChI=1S/C10H12N2O/c1-6(2)7-3-8(11)10-9(4-7)12-5-13-10/h3-6H,11H2,1-2H3. The first-order valence-corrected chi connectivity index (χ1v) is 4.31. The van der Waals surface area contributed by atoms with Crippen LogP contribution < -0.4 is 5.73 Å². The van der Waals surface area contributed by atoms with E-state index < -0.39 is 0 Å². The van der Waals surface area contributed by atoms with Gasteiger partial charge in [-0.1, -0.05) is 13.8 Å². The fraction of sp³-hybridized carbons (Fsp3) is 0.300. The highest BCUT2D eigenvalue weighted by molar-refractivity contribution is 5.85. The highest BCUT2D eigenvalue weighted by Gasteiger charge is 2.07. The normalized spacial score (nSPS) is 11.3. The zero-order valence-electron chi connectivity index (χ0n) is 7.74. The summed E-state index contributed by atoms with van der Waals surface area (Å²) in [6.07, 6.45) is 1.42. The Balaban J connectivity index is 2.70. The summed E-state index contributed by atoms with van der Waals surface area (Å²) in [5.74, 6) is 0.461. The monoisotopic (exact) mass is 176 g/mol. The van der Waals surface area contributed by atoms with Crippen molar-refractivity contribution in [3.63, 3.8) is 0 Å². The smallest absolute Gasteiger partial charge is 0.182 e. The number of rotatable bonds is 1. The maximum Gasteiger partial charge on any atom is 0.182 e. The Hall–Kier alpha value is -1.51. The van der Waals surface area contributed by atoms with E-state index in [1.807, 2.05) is 12.1 Å². The van der Waals surface area contributed by atoms with Gasteiger partial charge < -0.3 is 10.2 Å². The second kappa shape index (κ2) is 2.76. The molecule has 1 aromatic heterocycles. The number of oxazole rings is 1. The van der Waals surface area contributed by atoms with Gasteiger partial charge in [-0.25, -0.2) is 4.98 Å². The maximum absolute atomic E-state index is 5.81. The van der Waals surface area contributed by atoms with E-state index in [4.69, 9.17) is 10.2 Å². The van der Waals surface area contributed by atoms with Crippen LogP contribution in [-0.4, -0.2) is 4.98 Å². The molecule has 0 spiro atoms. The molecule has 0 bridgehead atoms. The van der Waals surface area contributed by atoms with Gasteiger partial charge in [0, 0.05) is 0 Å². The summed E-state index contributed by atoms with van der Waals surface area (Å²) < 4.78 is 5.15. The number of anilines is 1. The SMILES string of the molecule is CC(C)c1cc(N)c2ocnc2c1. The lowest BCUT2D eigenvalue weighted by molar-refractivity contribution is 0.603. The predicted octanol–water partition coefficient (Wildman–Crippen LogP) is 2.53. The number of aromatic nitrogens is 1. The van der Waals surface area contributed by atoms with Crippen molar-refractivity contribution in [2.24, 2.45) is 0 Å². The summed E-state index contributed by atoms with van der Waals surface area (Å²) in [7, 11) is 0. The van der Waals surface area contributed by atoms with Gasteiger partial charge in [-0.05, 0) is 23.6 Å². The highest BCUT2D eigenvalue weighted by atomic mass is 16.3. The molecule has 2 rings (SSSR count). The van der Waals surface area contributed by atoms with Crippen molar-refractivity contribution in [2.45, 2.75) is 19.8 Å². The van der Waals surface area contributed by atoms with E-state index in [1.54, 1.807) is 0 Å². The van der Waals surface area contributed by atoms with Crippen LogP contribution in [0.3, 0.4) is 0 Å². The fourth-order valence-corrected chi connectivity index (χ4v) is 1.35. The molecule has 0 amide bonds. The third-order valence-electron chi connectivity index (χ3n) is 2.15. The molecule has 0 atom stereocenters. The van der Waals surface area contributed by atoms with Gasteiger partial charge in [0.15, 0.2) is 12.0 Å². The minimum absolute atomic E-state index is 0.461. The van der Waals surface area contributed by atoms with Crippen molar-refractivity contribution in [1.29, 1.82) is 0 Å². The second-order valence-electron chi connectivity index (χ2n) is 3.47. The molecule has 0 saturated carbocycles. The van der Waals surface area contributed by atoms with Gasteiger partial charge in [-0.3, -0.25) is 0 Å². The molecule has 3 heteroatoms. The number of nitrogens with zero attached hydrogens (tertiary/aromatic N) is 1. The van der Waals surface area contributed by atoms with Crippen molar-refractivity contribution in [2.75, 3.05) is 5.73 Å². The van der Waals surface area contributed by atoms with Crippen LogP contribution >= 0.6 is 0 Å². The van der Waals surface area contributed by atoms with Crippen LogP contribution in [0.1, 0.15) is 25.3 Å². The molecule has 1 heterocycles. The molecule has 0 fully saturated rings. The van der Waals surface area contributed by atoms with Gasteiger partial charge in [0.25, 0.3) is 0 Å². The molecule has 0 aliphatic rings. The van der Waals surface area contributed by atoms with Crippen LogP contribution in [0.4, 0.5) is 5.69 Å². The Morgan fingerprint density at radius 1 is 1.38 bits per heavy atom. The Kier molecular flexibility index (Phi) is 1.72. The zero-order valence-corrected chi connectivity index (χ0v) is 7.74. The van der Waals surface area contributed by atoms with Crippen molar-refractivity contribution in [3.05, 3.63) is 24.1 Å². The summed E-state index contributed by atoms with van der Waals surface area (Å²) in [4.78, 5) is 4.08. The lowest BCUT2D eigenvalue weighted by Crippen LogP contribution is -1.92. The molecule has 2 aromatic rings. The van der Waals surface area contributed by atoms with E-state index in [0.29, 0.717) is 17.2 Å². The number of hydrogen-bond acceptors (Lipinski definition) is 3. The number of nitrogens with two attached hydrogens (primary N) is 1. The lowest BCUT2D eigenvalue weighted by atomic mass is 10.0. The number of benzene rings is 1. The molecule has 68 valence electrons. The summed E-state index contributed by atoms with van der Waals surface area (Å²) in [5.41, 5.74) is 9.19. The molecule has 0 aliphatic heterocycles. The minimum Gasteiger partial charge on any atom is -0.441 e. The van der Waals surface area contributed by atoms with Crippen LogP contribution in [0.5, 0.6) is 0 Å². The molecule has 0 radical (unpaired) electrons. The zero-order chi connectivity index (χ0) is 9.42. The van der Waals surface area contributed by atoms with E-state index in [9.17, 15) is 0 Å². The lowest BCUT2D eigenvalue weighted by Gasteiger charge is -2.05. The topological polar surface area (TPSA) is 52.0 Å². The molecule has 0 saturated heterocycles. The summed E-state index contributed by atoms with van der Waals surface area (Å²) in [5, 5.41) is 0. The van der Waals surface area contributed by atoms with Gasteiger partial charge in [-0.15, -0.1) is 0 Å². The summed E-state index contributed by atoms with van der Waals surface area (Å²) in [6, 6.07) is 3.96. The Morgan fingerprint density at radius 3 is 2.85 bits per heavy atom. The van der Waals surface area contributed by atoms with Crippen LogP contribution in [0.2, 0.25) is 0 Å². The predicted molar refractivity (Wildman–Crippen MR) is 52.5 cm³/mol. The van der Waals surface area contributed by atoms with Crippen molar-refractivity contribution in [1.82, 2.24) is 4.98 Å². The quantitative estimate of drug-likeness (QED) is 0.679. The van der Waals surface area contributed by atoms with Gasteiger partial charge in [0.2, 0.25) is 0 Å². The van der Waals surface area contributed by atoms with E-state index >= 15 is 0 Å². The molecule has 3 nitrogen and oxygen atoms in total. The van der Waals surface area contributed by atoms with Crippen LogP contribution in [0.25, 0.3) is 11.1 Å². The first-order chi connectivity index (χ1) is 6.18. The van der Waals surface area contributed by atoms with E-state index in [2.05, 4.69) is 18.8 Å². The van der Waals surface area contributed by atoms with E-state index in [0.717, 1.165) is 5.52 Å². The number of fused-ring (bicyclic) bond motifs is 1. The largest absolute Gasteiger partial charge is 0.441 e. The second-order valence-corrected chi connectivity index (χ2v) is 3.47. The minimum atomic E-state index is 0.461.